The number of carbonyl (C=O) groups excluding carboxylic acids is 2. The molecule has 0 aromatic rings. The number of aliphatic hydroxyl groups excluding tert-OH is 1. The quantitative estimate of drug-likeness (QED) is 0.206. The van der Waals surface area contributed by atoms with Crippen molar-refractivity contribution in [1.82, 2.24) is 10.6 Å². The highest BCUT2D eigenvalue weighted by atomic mass is 16.6. The van der Waals surface area contributed by atoms with E-state index in [0.717, 1.165) is 50.7 Å². The Labute approximate surface area is 248 Å². The van der Waals surface area contributed by atoms with E-state index >= 15 is 0 Å². The molecule has 4 aliphatic carbocycles. The Balaban J connectivity index is 1.36. The van der Waals surface area contributed by atoms with Gasteiger partial charge < -0.3 is 30.8 Å². The summed E-state index contributed by atoms with van der Waals surface area (Å²) in [6.45, 7) is 8.89. The largest absolute Gasteiger partial charge is 0.480 e. The van der Waals surface area contributed by atoms with Gasteiger partial charge in [0, 0.05) is 5.41 Å². The Morgan fingerprint density at radius 3 is 2.38 bits per heavy atom. The maximum absolute atomic E-state index is 12.7. The summed E-state index contributed by atoms with van der Waals surface area (Å²) in [4.78, 5) is 42.0. The SMILES string of the molecule is C#C[C@@]1(O)CC[C@@H]2[C@@H]3CCC4=C/C(=N\OCC(=O)N[C@H](C(=O)N[C@H](C(=O)O)[C@H](C)O)C(C)C)CC[C@]4(C)[C@H]3CC[C@@]21C. The molecule has 2 amide bonds. The van der Waals surface area contributed by atoms with Gasteiger partial charge in [-0.05, 0) is 93.5 Å². The van der Waals surface area contributed by atoms with Crippen LogP contribution in [0.1, 0.15) is 86.0 Å². The number of rotatable bonds is 9. The van der Waals surface area contributed by atoms with Crippen molar-refractivity contribution in [1.29, 1.82) is 0 Å². The Kier molecular flexibility index (Phi) is 9.15. The number of oxime groups is 1. The van der Waals surface area contributed by atoms with Crippen molar-refractivity contribution >= 4 is 23.5 Å². The average molecular weight is 586 g/mol. The van der Waals surface area contributed by atoms with Gasteiger partial charge in [0.05, 0.1) is 11.8 Å². The molecule has 232 valence electrons. The molecule has 4 aliphatic rings. The zero-order chi connectivity index (χ0) is 31.0. The highest BCUT2D eigenvalue weighted by Gasteiger charge is 2.63. The van der Waals surface area contributed by atoms with Gasteiger partial charge in [0.2, 0.25) is 5.91 Å². The fourth-order valence-electron chi connectivity index (χ4n) is 8.45. The maximum atomic E-state index is 12.7. The van der Waals surface area contributed by atoms with Crippen LogP contribution in [-0.2, 0) is 19.2 Å². The number of aliphatic carboxylic acids is 1. The van der Waals surface area contributed by atoms with Crippen LogP contribution in [-0.4, -0.2) is 69.2 Å². The molecule has 0 radical (unpaired) electrons. The number of aliphatic hydroxyl groups is 2. The van der Waals surface area contributed by atoms with Crippen LogP contribution in [0.3, 0.4) is 0 Å². The summed E-state index contributed by atoms with van der Waals surface area (Å²) in [7, 11) is 0. The van der Waals surface area contributed by atoms with Gasteiger partial charge in [0.1, 0.15) is 11.6 Å². The standard InChI is InChI=1S/C32H47N3O7/c1-7-32(41)15-12-24-22-9-8-20-16-21(10-13-30(20,5)23(22)11-14-31(24,32)6)35-42-17-25(37)33-26(18(2)3)28(38)34-27(19(4)36)29(39)40/h1,16,18-19,22-24,26-27,36,41H,8-15,17H2,2-6H3,(H,33,37)(H,34,38)(H,39,40)/b35-21-/t19-,22+,23-,24+,26-,27-,30-,31-,32+/m0/s1. The second-order valence-corrected chi connectivity index (χ2v) is 13.7. The highest BCUT2D eigenvalue weighted by molar-refractivity contribution is 5.96. The van der Waals surface area contributed by atoms with Gasteiger partial charge in [-0.2, -0.15) is 0 Å². The van der Waals surface area contributed by atoms with Gasteiger partial charge in [-0.25, -0.2) is 4.79 Å². The molecule has 3 saturated carbocycles. The van der Waals surface area contributed by atoms with Gasteiger partial charge in [0.15, 0.2) is 12.6 Å². The van der Waals surface area contributed by atoms with E-state index in [2.05, 4.69) is 41.6 Å². The summed E-state index contributed by atoms with van der Waals surface area (Å²) < 4.78 is 0. The molecule has 0 aliphatic heterocycles. The monoisotopic (exact) mass is 585 g/mol. The van der Waals surface area contributed by atoms with Crippen LogP contribution in [0.5, 0.6) is 0 Å². The minimum atomic E-state index is -1.49. The molecule has 0 unspecified atom stereocenters. The predicted molar refractivity (Wildman–Crippen MR) is 157 cm³/mol. The zero-order valence-electron chi connectivity index (χ0n) is 25.5. The van der Waals surface area contributed by atoms with E-state index in [-0.39, 0.29) is 23.4 Å². The summed E-state index contributed by atoms with van der Waals surface area (Å²) in [5, 5.41) is 39.2. The summed E-state index contributed by atoms with van der Waals surface area (Å²) >= 11 is 0. The smallest absolute Gasteiger partial charge is 0.328 e. The number of terminal acetylenes is 1. The molecule has 42 heavy (non-hydrogen) atoms. The fourth-order valence-corrected chi connectivity index (χ4v) is 8.45. The van der Waals surface area contributed by atoms with Crippen molar-refractivity contribution in [2.75, 3.05) is 6.61 Å². The number of nitrogens with zero attached hydrogens (tertiary/aromatic N) is 1. The van der Waals surface area contributed by atoms with Crippen molar-refractivity contribution < 1.29 is 34.5 Å². The summed E-state index contributed by atoms with van der Waals surface area (Å²) in [5.41, 5.74) is 0.998. The molecular weight excluding hydrogens is 538 g/mol. The number of carbonyl (C=O) groups is 3. The van der Waals surface area contributed by atoms with Gasteiger partial charge in [-0.1, -0.05) is 44.3 Å². The maximum Gasteiger partial charge on any atom is 0.328 e. The number of nitrogens with one attached hydrogen (secondary N) is 2. The highest BCUT2D eigenvalue weighted by Crippen LogP contribution is 2.67. The number of carboxylic acids is 1. The molecule has 4 rings (SSSR count). The molecule has 0 saturated heterocycles. The van der Waals surface area contributed by atoms with Crippen LogP contribution in [0.2, 0.25) is 0 Å². The molecule has 0 aromatic heterocycles. The average Bonchev–Trinajstić information content (AvgIpc) is 3.20. The molecule has 10 nitrogen and oxygen atoms in total. The number of allylic oxidation sites excluding steroid dienone is 2. The minimum Gasteiger partial charge on any atom is -0.480 e. The third kappa shape index (κ3) is 5.70. The van der Waals surface area contributed by atoms with Gasteiger partial charge in [0.25, 0.3) is 5.91 Å². The minimum absolute atomic E-state index is 0.0647. The zero-order valence-corrected chi connectivity index (χ0v) is 25.5. The second-order valence-electron chi connectivity index (χ2n) is 13.7. The first-order chi connectivity index (χ1) is 19.7. The lowest BCUT2D eigenvalue weighted by molar-refractivity contribution is -0.145. The summed E-state index contributed by atoms with van der Waals surface area (Å²) in [6, 6.07) is -2.49. The molecule has 10 heteroatoms. The van der Waals surface area contributed by atoms with E-state index in [1.807, 2.05) is 0 Å². The third-order valence-corrected chi connectivity index (χ3v) is 11.1. The lowest BCUT2D eigenvalue weighted by Crippen LogP contribution is -2.56. The number of hydrogen-bond acceptors (Lipinski definition) is 7. The number of fused-ring (bicyclic) bond motifs is 5. The second kappa shape index (κ2) is 12.0. The Morgan fingerprint density at radius 2 is 1.76 bits per heavy atom. The molecule has 0 spiro atoms. The topological polar surface area (TPSA) is 158 Å². The van der Waals surface area contributed by atoms with Crippen molar-refractivity contribution in [3.05, 3.63) is 11.6 Å². The van der Waals surface area contributed by atoms with E-state index in [1.54, 1.807) is 13.8 Å². The number of carboxylic acid groups (broad SMARTS) is 1. The van der Waals surface area contributed by atoms with Gasteiger partial charge >= 0.3 is 5.97 Å². The first kappa shape index (κ1) is 32.0. The van der Waals surface area contributed by atoms with E-state index in [1.165, 1.54) is 12.5 Å². The van der Waals surface area contributed by atoms with Gasteiger partial charge in [-0.15, -0.1) is 6.42 Å². The molecule has 5 N–H and O–H groups in total. The molecular formula is C32H47N3O7. The van der Waals surface area contributed by atoms with Crippen LogP contribution in [0, 0.1) is 46.8 Å². The van der Waals surface area contributed by atoms with Crippen molar-refractivity contribution in [2.45, 2.75) is 110 Å². The number of hydrogen-bond donors (Lipinski definition) is 5. The third-order valence-electron chi connectivity index (χ3n) is 11.1. The lowest BCUT2D eigenvalue weighted by Gasteiger charge is -2.58. The summed E-state index contributed by atoms with van der Waals surface area (Å²) in [6.07, 6.45) is 14.0. The molecule has 0 heterocycles. The predicted octanol–water partition coefficient (Wildman–Crippen LogP) is 2.78. The van der Waals surface area contributed by atoms with Crippen LogP contribution in [0.25, 0.3) is 0 Å². The fraction of sp³-hybridized carbons (Fsp3) is 0.750. The van der Waals surface area contributed by atoms with Crippen molar-refractivity contribution in [2.24, 2.45) is 39.7 Å². The summed E-state index contributed by atoms with van der Waals surface area (Å²) in [5.74, 6) is 1.31. The van der Waals surface area contributed by atoms with Crippen LogP contribution >= 0.6 is 0 Å². The van der Waals surface area contributed by atoms with Crippen molar-refractivity contribution in [3.8, 4) is 12.3 Å². The lowest BCUT2D eigenvalue weighted by atomic mass is 9.46. The van der Waals surface area contributed by atoms with Gasteiger partial charge in [-0.3, -0.25) is 9.59 Å². The normalized spacial score (nSPS) is 36.8. The Hall–Kier alpha value is -2.90. The van der Waals surface area contributed by atoms with Crippen LogP contribution < -0.4 is 10.6 Å². The van der Waals surface area contributed by atoms with Crippen LogP contribution in [0.4, 0.5) is 0 Å². The Bertz CT molecular complexity index is 1190. The van der Waals surface area contributed by atoms with Crippen LogP contribution in [0.15, 0.2) is 16.8 Å². The molecule has 0 aromatic carbocycles. The van der Waals surface area contributed by atoms with E-state index in [9.17, 15) is 29.7 Å². The Morgan fingerprint density at radius 1 is 1.07 bits per heavy atom. The molecule has 0 bridgehead atoms. The van der Waals surface area contributed by atoms with E-state index in [4.69, 9.17) is 11.3 Å². The first-order valence-corrected chi connectivity index (χ1v) is 15.3. The molecule has 3 fully saturated rings. The van der Waals surface area contributed by atoms with Crippen molar-refractivity contribution in [3.63, 3.8) is 0 Å². The van der Waals surface area contributed by atoms with E-state index < -0.39 is 41.6 Å². The first-order valence-electron chi connectivity index (χ1n) is 15.3. The number of amides is 2. The van der Waals surface area contributed by atoms with E-state index in [0.29, 0.717) is 24.2 Å². The molecule has 9 atom stereocenters.